The Hall–Kier alpha value is -0.980. The molecule has 234 valence electrons. The third-order valence-electron chi connectivity index (χ3n) is 12.1. The predicted molar refractivity (Wildman–Crippen MR) is 166 cm³/mol. The second kappa shape index (κ2) is 13.8. The molecule has 1 aliphatic heterocycles. The molecule has 0 amide bonds. The van der Waals surface area contributed by atoms with Gasteiger partial charge in [0.2, 0.25) is 0 Å². The van der Waals surface area contributed by atoms with Crippen LogP contribution < -0.4 is 0 Å². The van der Waals surface area contributed by atoms with E-state index < -0.39 is 24.6 Å². The fourth-order valence-corrected chi connectivity index (χ4v) is 8.89. The smallest absolute Gasteiger partial charge is 0.161 e. The summed E-state index contributed by atoms with van der Waals surface area (Å²) in [6, 6.07) is 0. The number of rotatable bonds is 8. The van der Waals surface area contributed by atoms with Crippen LogP contribution >= 0.6 is 0 Å². The lowest BCUT2D eigenvalue weighted by Crippen LogP contribution is -2.51. The lowest BCUT2D eigenvalue weighted by molar-refractivity contribution is -0.271. The quantitative estimate of drug-likeness (QED) is 0.265. The van der Waals surface area contributed by atoms with Gasteiger partial charge in [-0.25, -0.2) is 0 Å². The molecule has 0 bridgehead atoms. The molecular weight excluding hydrogens is 512 g/mol. The van der Waals surface area contributed by atoms with E-state index in [0.717, 1.165) is 43.9 Å². The minimum atomic E-state index is -1.08. The summed E-state index contributed by atoms with van der Waals surface area (Å²) in [4.78, 5) is 0. The highest BCUT2D eigenvalue weighted by Gasteiger charge is 2.49. The first-order valence-corrected chi connectivity index (χ1v) is 16.8. The first-order chi connectivity index (χ1) is 19.4. The van der Waals surface area contributed by atoms with Gasteiger partial charge in [-0.05, 0) is 99.2 Å². The van der Waals surface area contributed by atoms with Crippen molar-refractivity contribution in [3.63, 3.8) is 0 Å². The Labute approximate surface area is 250 Å². The zero-order chi connectivity index (χ0) is 29.9. The summed E-state index contributed by atoms with van der Waals surface area (Å²) in [5.41, 5.74) is 3.16. The van der Waals surface area contributed by atoms with Gasteiger partial charge in [0, 0.05) is 11.8 Å². The fourth-order valence-electron chi connectivity index (χ4n) is 8.89. The monoisotopic (exact) mass is 572 g/mol. The highest BCUT2D eigenvalue weighted by Crippen LogP contribution is 2.58. The second-order valence-corrected chi connectivity index (χ2v) is 14.8. The number of allylic oxidation sites excluding steroid dienone is 4. The summed E-state index contributed by atoms with van der Waals surface area (Å²) >= 11 is 0. The van der Waals surface area contributed by atoms with Crippen molar-refractivity contribution in [2.45, 2.75) is 143 Å². The number of ether oxygens (including phenoxy) is 2. The molecule has 0 aromatic heterocycles. The molecule has 0 aromatic carbocycles. The maximum Gasteiger partial charge on any atom is 0.161 e. The number of aliphatic hydroxyl groups is 3. The van der Waals surface area contributed by atoms with Crippen LogP contribution in [0, 0.1) is 40.4 Å². The molecule has 0 aromatic rings. The molecule has 41 heavy (non-hydrogen) atoms. The molecule has 3 N–H and O–H groups in total. The van der Waals surface area contributed by atoms with E-state index in [9.17, 15) is 15.3 Å². The molecule has 0 spiro atoms. The van der Waals surface area contributed by atoms with E-state index in [1.165, 1.54) is 43.3 Å². The molecule has 5 nitrogen and oxygen atoms in total. The summed E-state index contributed by atoms with van der Waals surface area (Å²) in [6.07, 6.45) is 15.7. The number of fused-ring (bicyclic) bond motifs is 2. The van der Waals surface area contributed by atoms with Crippen molar-refractivity contribution in [3.05, 3.63) is 36.0 Å². The fraction of sp³-hybridized carbons (Fsp3) is 0.833. The SMILES string of the molecule is C=C1CCC2(C)C(CC/C=C3/CC(OC4CC(O)[C@H](O)C(CO)O4)CCC13C)CCC2[C@H](C)/C=C/C(CC)C(C)C. The van der Waals surface area contributed by atoms with E-state index in [2.05, 4.69) is 59.8 Å². The molecule has 1 saturated heterocycles. The molecular formula is C36H60O5. The lowest BCUT2D eigenvalue weighted by atomic mass is 9.60. The largest absolute Gasteiger partial charge is 0.394 e. The van der Waals surface area contributed by atoms with Crippen LogP contribution in [-0.4, -0.2) is 52.6 Å². The Morgan fingerprint density at radius 2 is 1.85 bits per heavy atom. The van der Waals surface area contributed by atoms with Crippen LogP contribution in [0.3, 0.4) is 0 Å². The summed E-state index contributed by atoms with van der Waals surface area (Å²) in [5.74, 6) is 3.45. The maximum absolute atomic E-state index is 10.3. The van der Waals surface area contributed by atoms with Crippen LogP contribution in [0.15, 0.2) is 36.0 Å². The Morgan fingerprint density at radius 3 is 2.54 bits per heavy atom. The summed E-state index contributed by atoms with van der Waals surface area (Å²) in [7, 11) is 0. The van der Waals surface area contributed by atoms with Gasteiger partial charge >= 0.3 is 0 Å². The Kier molecular flexibility index (Phi) is 11.1. The summed E-state index contributed by atoms with van der Waals surface area (Å²) in [5, 5.41) is 29.9. The summed E-state index contributed by atoms with van der Waals surface area (Å²) < 4.78 is 12.1. The van der Waals surface area contributed by atoms with Crippen LogP contribution in [0.2, 0.25) is 0 Å². The van der Waals surface area contributed by atoms with Crippen molar-refractivity contribution in [2.75, 3.05) is 6.61 Å². The van der Waals surface area contributed by atoms with Gasteiger partial charge in [0.1, 0.15) is 12.2 Å². The van der Waals surface area contributed by atoms with Crippen LogP contribution in [0.1, 0.15) is 112 Å². The third-order valence-corrected chi connectivity index (χ3v) is 12.1. The van der Waals surface area contributed by atoms with Gasteiger partial charge in [0.15, 0.2) is 6.29 Å². The van der Waals surface area contributed by atoms with Gasteiger partial charge in [-0.15, -0.1) is 0 Å². The van der Waals surface area contributed by atoms with Gasteiger partial charge in [0.05, 0.1) is 18.8 Å². The minimum Gasteiger partial charge on any atom is -0.394 e. The van der Waals surface area contributed by atoms with Crippen molar-refractivity contribution in [1.82, 2.24) is 0 Å². The van der Waals surface area contributed by atoms with Gasteiger partial charge in [-0.1, -0.05) is 77.5 Å². The number of hydrogen-bond donors (Lipinski definition) is 3. The average Bonchev–Trinajstić information content (AvgIpc) is 3.26. The number of aliphatic hydroxyl groups excluding tert-OH is 3. The van der Waals surface area contributed by atoms with Crippen LogP contribution in [0.4, 0.5) is 0 Å². The zero-order valence-corrected chi connectivity index (χ0v) is 26.9. The van der Waals surface area contributed by atoms with E-state index in [0.29, 0.717) is 23.2 Å². The van der Waals surface area contributed by atoms with Crippen molar-refractivity contribution in [2.24, 2.45) is 40.4 Å². The molecule has 4 rings (SSSR count). The zero-order valence-electron chi connectivity index (χ0n) is 26.9. The standard InChI is InChI=1S/C36H60O5/c1-8-26(23(2)3)13-12-24(4)30-15-14-27-10-9-11-28-20-29(40-33-21-31(38)34(39)32(22-37)41-33)17-19-35(28,6)25(5)16-18-36(27,30)7/h11-13,23-24,26-27,29-34,37-39H,5,8-10,14-22H2,1-4,6-7H3/b13-12+,28-11-/t24-,26?,27?,29?,30?,31?,32?,33?,34+,35?,36?/m1/s1. The van der Waals surface area contributed by atoms with Crippen molar-refractivity contribution >= 4 is 0 Å². The maximum atomic E-state index is 10.3. The van der Waals surface area contributed by atoms with E-state index >= 15 is 0 Å². The Bertz CT molecular complexity index is 940. The Balaban J connectivity index is 1.45. The van der Waals surface area contributed by atoms with Gasteiger partial charge in [-0.2, -0.15) is 0 Å². The first kappa shape index (κ1) is 32.9. The van der Waals surface area contributed by atoms with Gasteiger partial charge in [0.25, 0.3) is 0 Å². The summed E-state index contributed by atoms with van der Waals surface area (Å²) in [6.45, 7) is 18.8. The van der Waals surface area contributed by atoms with E-state index in [1.807, 2.05) is 0 Å². The first-order valence-electron chi connectivity index (χ1n) is 16.8. The predicted octanol–water partition coefficient (Wildman–Crippen LogP) is 7.35. The van der Waals surface area contributed by atoms with Crippen molar-refractivity contribution in [1.29, 1.82) is 0 Å². The van der Waals surface area contributed by atoms with Crippen LogP contribution in [-0.2, 0) is 9.47 Å². The normalized spacial score (nSPS) is 43.3. The topological polar surface area (TPSA) is 79.2 Å². The highest BCUT2D eigenvalue weighted by molar-refractivity contribution is 5.30. The molecule has 2 saturated carbocycles. The molecule has 4 aliphatic rings. The molecule has 3 fully saturated rings. The molecule has 0 radical (unpaired) electrons. The number of hydrogen-bond acceptors (Lipinski definition) is 5. The van der Waals surface area contributed by atoms with E-state index in [4.69, 9.17) is 16.1 Å². The molecule has 11 atom stereocenters. The Morgan fingerprint density at radius 1 is 1.10 bits per heavy atom. The van der Waals surface area contributed by atoms with Crippen molar-refractivity contribution in [3.8, 4) is 0 Å². The molecule has 5 heteroatoms. The third kappa shape index (κ3) is 7.06. The van der Waals surface area contributed by atoms with Crippen LogP contribution in [0.25, 0.3) is 0 Å². The van der Waals surface area contributed by atoms with E-state index in [1.54, 1.807) is 0 Å². The molecule has 1 heterocycles. The highest BCUT2D eigenvalue weighted by atomic mass is 16.7. The van der Waals surface area contributed by atoms with Gasteiger partial charge < -0.3 is 24.8 Å². The van der Waals surface area contributed by atoms with Crippen LogP contribution in [0.5, 0.6) is 0 Å². The minimum absolute atomic E-state index is 0.00315. The van der Waals surface area contributed by atoms with Crippen molar-refractivity contribution < 1.29 is 24.8 Å². The average molecular weight is 573 g/mol. The molecule has 9 unspecified atom stereocenters. The van der Waals surface area contributed by atoms with Gasteiger partial charge in [-0.3, -0.25) is 0 Å². The van der Waals surface area contributed by atoms with E-state index in [-0.39, 0.29) is 24.5 Å². The lowest BCUT2D eigenvalue weighted by Gasteiger charge is -2.46. The second-order valence-electron chi connectivity index (χ2n) is 14.8. The molecule has 3 aliphatic carbocycles.